The Hall–Kier alpha value is -0.510. The Balaban J connectivity index is 0.00000324. The Kier molecular flexibility index (Phi) is 8.39. The summed E-state index contributed by atoms with van der Waals surface area (Å²) in [5.41, 5.74) is 0. The Morgan fingerprint density at radius 3 is 2.63 bits per heavy atom. The molecule has 0 bridgehead atoms. The van der Waals surface area contributed by atoms with Crippen molar-refractivity contribution < 1.29 is 13.2 Å². The number of rotatable bonds is 4. The van der Waals surface area contributed by atoms with Gasteiger partial charge in [0.05, 0.1) is 12.5 Å². The Labute approximate surface area is 131 Å². The van der Waals surface area contributed by atoms with Gasteiger partial charge in [0, 0.05) is 18.5 Å². The van der Waals surface area contributed by atoms with Crippen LogP contribution in [0.4, 0.5) is 13.2 Å². The topological polar surface area (TPSA) is 36.4 Å². The zero-order valence-electron chi connectivity index (χ0n) is 10.6. The molecule has 1 aromatic heterocycles. The van der Waals surface area contributed by atoms with Crippen LogP contribution in [0.2, 0.25) is 0 Å². The summed E-state index contributed by atoms with van der Waals surface area (Å²) < 4.78 is 36.0. The van der Waals surface area contributed by atoms with Crippen LogP contribution in [0, 0.1) is 0 Å². The first-order valence-corrected chi connectivity index (χ1v) is 6.37. The lowest BCUT2D eigenvalue weighted by Crippen LogP contribution is -2.39. The van der Waals surface area contributed by atoms with Gasteiger partial charge in [-0.05, 0) is 18.4 Å². The molecule has 0 aliphatic rings. The number of hydrogen-bond donors (Lipinski definition) is 2. The van der Waals surface area contributed by atoms with Crippen LogP contribution in [-0.4, -0.2) is 25.7 Å². The van der Waals surface area contributed by atoms with Gasteiger partial charge >= 0.3 is 6.18 Å². The lowest BCUT2D eigenvalue weighted by molar-refractivity contribution is -0.132. The van der Waals surface area contributed by atoms with E-state index in [1.165, 1.54) is 7.05 Å². The van der Waals surface area contributed by atoms with Gasteiger partial charge in [-0.25, -0.2) is 0 Å². The van der Waals surface area contributed by atoms with E-state index in [4.69, 9.17) is 0 Å². The average molecular weight is 407 g/mol. The van der Waals surface area contributed by atoms with Gasteiger partial charge < -0.3 is 10.6 Å². The van der Waals surface area contributed by atoms with E-state index in [-0.39, 0.29) is 36.6 Å². The number of hydrogen-bond acceptors (Lipinski definition) is 2. The number of nitrogens with one attached hydrogen (secondary N) is 2. The van der Waals surface area contributed by atoms with E-state index in [0.717, 1.165) is 4.88 Å². The van der Waals surface area contributed by atoms with Crippen LogP contribution in [0.1, 0.15) is 24.3 Å². The Bertz CT molecular complexity index is 379. The highest BCUT2D eigenvalue weighted by Crippen LogP contribution is 2.19. The quantitative estimate of drug-likeness (QED) is 0.455. The molecule has 0 amide bonds. The predicted octanol–water partition coefficient (Wildman–Crippen LogP) is 3.54. The first-order chi connectivity index (χ1) is 8.42. The molecule has 1 unspecified atom stereocenters. The normalized spacial score (nSPS) is 13.6. The van der Waals surface area contributed by atoms with Gasteiger partial charge in [-0.3, -0.25) is 4.99 Å². The molecule has 1 aromatic rings. The average Bonchev–Trinajstić information content (AvgIpc) is 2.79. The molecule has 0 spiro atoms. The summed E-state index contributed by atoms with van der Waals surface area (Å²) in [5, 5.41) is 7.63. The van der Waals surface area contributed by atoms with E-state index >= 15 is 0 Å². The van der Waals surface area contributed by atoms with Gasteiger partial charge in [0.2, 0.25) is 0 Å². The third-order valence-electron chi connectivity index (χ3n) is 2.25. The maximum absolute atomic E-state index is 12.0. The predicted molar refractivity (Wildman–Crippen MR) is 83.3 cm³/mol. The summed E-state index contributed by atoms with van der Waals surface area (Å²) in [4.78, 5) is 4.99. The Morgan fingerprint density at radius 2 is 2.16 bits per heavy atom. The fourth-order valence-corrected chi connectivity index (χ4v) is 2.07. The fraction of sp³-hybridized carbons (Fsp3) is 0.545. The molecule has 8 heteroatoms. The van der Waals surface area contributed by atoms with Crippen molar-refractivity contribution in [1.29, 1.82) is 0 Å². The first-order valence-electron chi connectivity index (χ1n) is 5.49. The monoisotopic (exact) mass is 407 g/mol. The van der Waals surface area contributed by atoms with E-state index in [1.54, 1.807) is 11.3 Å². The van der Waals surface area contributed by atoms with Crippen LogP contribution >= 0.6 is 35.3 Å². The van der Waals surface area contributed by atoms with Gasteiger partial charge in [0.1, 0.15) is 0 Å². The van der Waals surface area contributed by atoms with Gasteiger partial charge in [-0.15, -0.1) is 35.3 Å². The summed E-state index contributed by atoms with van der Waals surface area (Å²) in [7, 11) is 1.53. The van der Waals surface area contributed by atoms with Crippen molar-refractivity contribution in [2.24, 2.45) is 4.99 Å². The molecule has 3 nitrogen and oxygen atoms in total. The molecule has 0 fully saturated rings. The molecule has 0 aliphatic carbocycles. The maximum atomic E-state index is 12.0. The molecule has 1 heterocycles. The third-order valence-corrected chi connectivity index (χ3v) is 3.30. The van der Waals surface area contributed by atoms with Crippen LogP contribution in [0.15, 0.2) is 22.5 Å². The molecule has 0 saturated heterocycles. The molecular formula is C11H17F3IN3S. The molecule has 0 aliphatic heterocycles. The zero-order chi connectivity index (χ0) is 13.6. The van der Waals surface area contributed by atoms with Gasteiger partial charge in [-0.2, -0.15) is 13.2 Å². The molecule has 1 atom stereocenters. The number of halogens is 4. The van der Waals surface area contributed by atoms with Crippen molar-refractivity contribution in [2.75, 3.05) is 13.6 Å². The van der Waals surface area contributed by atoms with Crippen LogP contribution < -0.4 is 10.6 Å². The van der Waals surface area contributed by atoms with Gasteiger partial charge in [0.25, 0.3) is 0 Å². The lowest BCUT2D eigenvalue weighted by Gasteiger charge is -2.17. The van der Waals surface area contributed by atoms with E-state index in [2.05, 4.69) is 15.6 Å². The minimum absolute atomic E-state index is 0. The number of guanidine groups is 1. The van der Waals surface area contributed by atoms with Gasteiger partial charge in [-0.1, -0.05) is 6.07 Å². The number of thiophene rings is 1. The maximum Gasteiger partial charge on any atom is 0.390 e. The second-order valence-corrected chi connectivity index (χ2v) is 4.72. The highest BCUT2D eigenvalue weighted by atomic mass is 127. The van der Waals surface area contributed by atoms with Gasteiger partial charge in [0.15, 0.2) is 5.96 Å². The number of alkyl halides is 3. The minimum atomic E-state index is -4.15. The summed E-state index contributed by atoms with van der Waals surface area (Å²) in [5.74, 6) is 0.375. The molecule has 2 N–H and O–H groups in total. The van der Waals surface area contributed by atoms with Crippen molar-refractivity contribution in [1.82, 2.24) is 10.6 Å². The molecule has 0 saturated carbocycles. The Morgan fingerprint density at radius 1 is 1.47 bits per heavy atom. The molecule has 1 rings (SSSR count). The van der Waals surface area contributed by atoms with Crippen molar-refractivity contribution in [3.05, 3.63) is 22.4 Å². The van der Waals surface area contributed by atoms with Crippen molar-refractivity contribution >= 4 is 41.3 Å². The number of nitrogens with zero attached hydrogens (tertiary/aromatic N) is 1. The standard InChI is InChI=1S/C11H16F3N3S.HI/c1-8(9-4-3-7-18-9)17-10(15-2)16-6-5-11(12,13)14;/h3-4,7-8H,5-6H2,1-2H3,(H2,15,16,17);1H. The lowest BCUT2D eigenvalue weighted by atomic mass is 10.3. The van der Waals surface area contributed by atoms with E-state index in [9.17, 15) is 13.2 Å². The SMILES string of the molecule is CN=C(NCCC(F)(F)F)NC(C)c1cccs1.I. The zero-order valence-corrected chi connectivity index (χ0v) is 13.8. The van der Waals surface area contributed by atoms with Crippen molar-refractivity contribution in [2.45, 2.75) is 25.6 Å². The summed E-state index contributed by atoms with van der Waals surface area (Å²) in [6.07, 6.45) is -5.02. The largest absolute Gasteiger partial charge is 0.390 e. The molecular weight excluding hydrogens is 390 g/mol. The number of aliphatic imine (C=N–C) groups is 1. The molecule has 19 heavy (non-hydrogen) atoms. The second kappa shape index (κ2) is 8.62. The smallest absolute Gasteiger partial charge is 0.356 e. The highest BCUT2D eigenvalue weighted by molar-refractivity contribution is 14.0. The van der Waals surface area contributed by atoms with Crippen LogP contribution in [0.25, 0.3) is 0 Å². The van der Waals surface area contributed by atoms with Crippen molar-refractivity contribution in [3.8, 4) is 0 Å². The molecule has 0 radical (unpaired) electrons. The van der Waals surface area contributed by atoms with Crippen LogP contribution in [0.3, 0.4) is 0 Å². The molecule has 110 valence electrons. The first kappa shape index (κ1) is 18.5. The highest BCUT2D eigenvalue weighted by Gasteiger charge is 2.26. The van der Waals surface area contributed by atoms with E-state index in [1.807, 2.05) is 24.4 Å². The second-order valence-electron chi connectivity index (χ2n) is 3.75. The van der Waals surface area contributed by atoms with E-state index < -0.39 is 12.6 Å². The summed E-state index contributed by atoms with van der Waals surface area (Å²) in [6, 6.07) is 3.91. The van der Waals surface area contributed by atoms with E-state index in [0.29, 0.717) is 5.96 Å². The molecule has 0 aromatic carbocycles. The van der Waals surface area contributed by atoms with Crippen LogP contribution in [-0.2, 0) is 0 Å². The fourth-order valence-electron chi connectivity index (χ4n) is 1.33. The van der Waals surface area contributed by atoms with Crippen LogP contribution in [0.5, 0.6) is 0 Å². The third kappa shape index (κ3) is 7.61. The summed E-state index contributed by atoms with van der Waals surface area (Å²) in [6.45, 7) is 1.75. The minimum Gasteiger partial charge on any atom is -0.356 e. The van der Waals surface area contributed by atoms with Crippen molar-refractivity contribution in [3.63, 3.8) is 0 Å². The summed E-state index contributed by atoms with van der Waals surface area (Å²) >= 11 is 1.59.